The van der Waals surface area contributed by atoms with Crippen molar-refractivity contribution in [1.82, 2.24) is 4.98 Å². The maximum Gasteiger partial charge on any atom is 0.259 e. The summed E-state index contributed by atoms with van der Waals surface area (Å²) >= 11 is 17.7. The molecule has 0 aliphatic rings. The van der Waals surface area contributed by atoms with Crippen LogP contribution in [-0.4, -0.2) is 10.9 Å². The number of nitrogens with zero attached hydrogens (tertiary/aromatic N) is 1. The Morgan fingerprint density at radius 2 is 1.95 bits per heavy atom. The topological polar surface area (TPSA) is 42.0 Å². The molecule has 3 rings (SSSR count). The molecule has 0 unspecified atom stereocenters. The zero-order valence-corrected chi connectivity index (χ0v) is 15.5. The Bertz CT molecular complexity index is 830. The largest absolute Gasteiger partial charge is 0.298 e. The average Bonchev–Trinajstić information content (AvgIpc) is 3.06. The number of nitrogens with one attached hydrogen (secondary N) is 1. The SMILES string of the molecule is O=C(Nc1nc(-c2ccc(Br)cc2)cs1)c1cc(Cl)sc1Cl. The fourth-order valence-electron chi connectivity index (χ4n) is 1.74. The van der Waals surface area contributed by atoms with Crippen LogP contribution < -0.4 is 5.32 Å². The van der Waals surface area contributed by atoms with Crippen LogP contribution in [0.5, 0.6) is 0 Å². The second-order valence-corrected chi connectivity index (χ2v) is 8.30. The molecule has 22 heavy (non-hydrogen) atoms. The minimum absolute atomic E-state index is 0.315. The average molecular weight is 434 g/mol. The molecular formula is C14H7BrCl2N2OS2. The molecule has 0 saturated carbocycles. The molecule has 1 aromatic carbocycles. The summed E-state index contributed by atoms with van der Waals surface area (Å²) in [7, 11) is 0. The van der Waals surface area contributed by atoms with Gasteiger partial charge in [0.2, 0.25) is 0 Å². The van der Waals surface area contributed by atoms with Crippen LogP contribution in [0.4, 0.5) is 5.13 Å². The first-order chi connectivity index (χ1) is 10.5. The molecule has 0 radical (unpaired) electrons. The Morgan fingerprint density at radius 1 is 1.23 bits per heavy atom. The van der Waals surface area contributed by atoms with Crippen molar-refractivity contribution in [3.8, 4) is 11.3 Å². The van der Waals surface area contributed by atoms with Crippen LogP contribution in [0.1, 0.15) is 10.4 Å². The zero-order valence-electron chi connectivity index (χ0n) is 10.8. The van der Waals surface area contributed by atoms with Crippen molar-refractivity contribution >= 4 is 72.8 Å². The van der Waals surface area contributed by atoms with E-state index in [-0.39, 0.29) is 5.91 Å². The number of amides is 1. The second kappa shape index (κ2) is 6.68. The van der Waals surface area contributed by atoms with E-state index in [0.29, 0.717) is 19.4 Å². The van der Waals surface area contributed by atoms with E-state index >= 15 is 0 Å². The number of anilines is 1. The Kier molecular flexibility index (Phi) is 4.84. The van der Waals surface area contributed by atoms with Crippen LogP contribution in [0.3, 0.4) is 0 Å². The molecule has 0 saturated heterocycles. The number of hydrogen-bond donors (Lipinski definition) is 1. The molecule has 0 spiro atoms. The van der Waals surface area contributed by atoms with E-state index in [0.717, 1.165) is 27.1 Å². The van der Waals surface area contributed by atoms with Gasteiger partial charge in [-0.3, -0.25) is 10.1 Å². The minimum Gasteiger partial charge on any atom is -0.298 e. The van der Waals surface area contributed by atoms with Gasteiger partial charge < -0.3 is 0 Å². The van der Waals surface area contributed by atoms with E-state index in [2.05, 4.69) is 26.2 Å². The Labute approximate surface area is 153 Å². The lowest BCUT2D eigenvalue weighted by Gasteiger charge is -2.00. The lowest BCUT2D eigenvalue weighted by molar-refractivity contribution is 0.102. The van der Waals surface area contributed by atoms with Gasteiger partial charge in [0, 0.05) is 15.4 Å². The molecular weight excluding hydrogens is 427 g/mol. The van der Waals surface area contributed by atoms with E-state index in [9.17, 15) is 4.79 Å². The van der Waals surface area contributed by atoms with Gasteiger partial charge in [-0.2, -0.15) is 0 Å². The van der Waals surface area contributed by atoms with Crippen LogP contribution in [0, 0.1) is 0 Å². The van der Waals surface area contributed by atoms with Crippen molar-refractivity contribution in [2.24, 2.45) is 0 Å². The normalized spacial score (nSPS) is 10.7. The van der Waals surface area contributed by atoms with Crippen LogP contribution in [0.2, 0.25) is 8.67 Å². The van der Waals surface area contributed by atoms with Gasteiger partial charge in [-0.1, -0.05) is 51.3 Å². The maximum absolute atomic E-state index is 12.2. The van der Waals surface area contributed by atoms with E-state index < -0.39 is 0 Å². The van der Waals surface area contributed by atoms with Crippen molar-refractivity contribution in [3.05, 3.63) is 54.4 Å². The number of rotatable bonds is 3. The summed E-state index contributed by atoms with van der Waals surface area (Å²) in [5.41, 5.74) is 2.15. The third kappa shape index (κ3) is 3.52. The lowest BCUT2D eigenvalue weighted by atomic mass is 10.2. The standard InChI is InChI=1S/C14H7BrCl2N2OS2/c15-8-3-1-7(2-4-8)10-6-21-14(18-10)19-13(20)9-5-11(16)22-12(9)17/h1-6H,(H,18,19,20). The van der Waals surface area contributed by atoms with Gasteiger partial charge in [-0.25, -0.2) is 4.98 Å². The summed E-state index contributed by atoms with van der Waals surface area (Å²) in [6, 6.07) is 9.35. The van der Waals surface area contributed by atoms with Crippen molar-refractivity contribution in [2.45, 2.75) is 0 Å². The fraction of sp³-hybridized carbons (Fsp3) is 0. The highest BCUT2D eigenvalue weighted by Gasteiger charge is 2.16. The molecule has 112 valence electrons. The van der Waals surface area contributed by atoms with Gasteiger partial charge in [-0.15, -0.1) is 22.7 Å². The molecule has 0 bridgehead atoms. The van der Waals surface area contributed by atoms with Crippen molar-refractivity contribution in [3.63, 3.8) is 0 Å². The monoisotopic (exact) mass is 432 g/mol. The summed E-state index contributed by atoms with van der Waals surface area (Å²) in [6.07, 6.45) is 0. The smallest absolute Gasteiger partial charge is 0.259 e. The van der Waals surface area contributed by atoms with Crippen molar-refractivity contribution in [1.29, 1.82) is 0 Å². The van der Waals surface area contributed by atoms with Gasteiger partial charge in [0.1, 0.15) is 4.34 Å². The van der Waals surface area contributed by atoms with E-state index in [1.54, 1.807) is 6.07 Å². The number of carbonyl (C=O) groups is 1. The van der Waals surface area contributed by atoms with Gasteiger partial charge in [0.05, 0.1) is 15.6 Å². The molecule has 3 nitrogen and oxygen atoms in total. The Morgan fingerprint density at radius 3 is 2.59 bits per heavy atom. The number of aromatic nitrogens is 1. The van der Waals surface area contributed by atoms with Crippen LogP contribution in [-0.2, 0) is 0 Å². The first-order valence-corrected chi connectivity index (χ1v) is 9.25. The number of benzene rings is 1. The predicted molar refractivity (Wildman–Crippen MR) is 97.5 cm³/mol. The summed E-state index contributed by atoms with van der Waals surface area (Å²) in [4.78, 5) is 16.6. The van der Waals surface area contributed by atoms with Crippen molar-refractivity contribution < 1.29 is 4.79 Å². The Hall–Kier alpha value is -0.920. The first-order valence-electron chi connectivity index (χ1n) is 6.00. The van der Waals surface area contributed by atoms with Crippen LogP contribution in [0.15, 0.2) is 40.2 Å². The van der Waals surface area contributed by atoms with Gasteiger partial charge in [0.25, 0.3) is 5.91 Å². The highest BCUT2D eigenvalue weighted by molar-refractivity contribution is 9.10. The van der Waals surface area contributed by atoms with Crippen molar-refractivity contribution in [2.75, 3.05) is 5.32 Å². The molecule has 0 aliphatic heterocycles. The number of hydrogen-bond acceptors (Lipinski definition) is 4. The number of carbonyl (C=O) groups excluding carboxylic acids is 1. The zero-order chi connectivity index (χ0) is 15.7. The van der Waals surface area contributed by atoms with Gasteiger partial charge in [-0.05, 0) is 18.2 Å². The van der Waals surface area contributed by atoms with Gasteiger partial charge in [0.15, 0.2) is 5.13 Å². The third-order valence-corrected chi connectivity index (χ3v) is 5.54. The van der Waals surface area contributed by atoms with E-state index in [4.69, 9.17) is 23.2 Å². The van der Waals surface area contributed by atoms with E-state index in [1.165, 1.54) is 11.3 Å². The number of halogens is 3. The lowest BCUT2D eigenvalue weighted by Crippen LogP contribution is -2.11. The highest BCUT2D eigenvalue weighted by atomic mass is 79.9. The molecule has 8 heteroatoms. The summed E-state index contributed by atoms with van der Waals surface area (Å²) in [5, 5.41) is 5.14. The second-order valence-electron chi connectivity index (χ2n) is 4.24. The van der Waals surface area contributed by atoms with E-state index in [1.807, 2.05) is 29.6 Å². The molecule has 1 N–H and O–H groups in total. The predicted octanol–water partition coefficient (Wildman–Crippen LogP) is 6.19. The summed E-state index contributed by atoms with van der Waals surface area (Å²) in [5.74, 6) is -0.315. The van der Waals surface area contributed by atoms with Crippen LogP contribution >= 0.6 is 61.8 Å². The molecule has 0 fully saturated rings. The first kappa shape index (κ1) is 16.0. The molecule has 2 aromatic heterocycles. The Balaban J connectivity index is 1.78. The fourth-order valence-corrected chi connectivity index (χ4v) is 4.18. The summed E-state index contributed by atoms with van der Waals surface area (Å²) < 4.78 is 1.85. The quantitative estimate of drug-likeness (QED) is 0.534. The molecule has 2 heterocycles. The molecule has 0 aliphatic carbocycles. The molecule has 1 amide bonds. The minimum atomic E-state index is -0.315. The number of thiophene rings is 1. The number of thiazole rings is 1. The summed E-state index contributed by atoms with van der Waals surface area (Å²) in [6.45, 7) is 0. The van der Waals surface area contributed by atoms with Crippen LogP contribution in [0.25, 0.3) is 11.3 Å². The maximum atomic E-state index is 12.2. The molecule has 3 aromatic rings. The third-order valence-electron chi connectivity index (χ3n) is 2.77. The highest BCUT2D eigenvalue weighted by Crippen LogP contribution is 2.32. The molecule has 0 atom stereocenters. The van der Waals surface area contributed by atoms with Gasteiger partial charge >= 0.3 is 0 Å².